The predicted octanol–water partition coefficient (Wildman–Crippen LogP) is 5.27. The first-order valence-corrected chi connectivity index (χ1v) is 12.7. The largest absolute Gasteiger partial charge is 0.465 e. The van der Waals surface area contributed by atoms with E-state index in [9.17, 15) is 14.0 Å². The van der Waals surface area contributed by atoms with E-state index in [4.69, 9.17) is 4.74 Å². The Balaban J connectivity index is 1.39. The summed E-state index contributed by atoms with van der Waals surface area (Å²) in [4.78, 5) is 26.1. The molecule has 1 aromatic carbocycles. The van der Waals surface area contributed by atoms with E-state index < -0.39 is 5.97 Å². The van der Waals surface area contributed by atoms with Crippen LogP contribution in [0.3, 0.4) is 0 Å². The smallest absolute Gasteiger partial charge is 0.341 e. The van der Waals surface area contributed by atoms with Gasteiger partial charge in [0.05, 0.1) is 24.1 Å². The molecule has 0 fully saturated rings. The van der Waals surface area contributed by atoms with Gasteiger partial charge in [0.15, 0.2) is 4.34 Å². The van der Waals surface area contributed by atoms with Crippen molar-refractivity contribution in [1.29, 1.82) is 0 Å². The second kappa shape index (κ2) is 10.4. The number of nitrogens with zero attached hydrogens (tertiary/aromatic N) is 2. The number of anilines is 3. The fourth-order valence-electron chi connectivity index (χ4n) is 3.44. The minimum atomic E-state index is -0.416. The van der Waals surface area contributed by atoms with Crippen molar-refractivity contribution in [2.45, 2.75) is 36.4 Å². The van der Waals surface area contributed by atoms with Crippen LogP contribution >= 0.6 is 34.4 Å². The van der Waals surface area contributed by atoms with Crippen LogP contribution in [0.1, 0.15) is 40.1 Å². The molecule has 2 aromatic heterocycles. The number of aromatic nitrogens is 2. The summed E-state index contributed by atoms with van der Waals surface area (Å²) < 4.78 is 19.3. The molecule has 0 unspecified atom stereocenters. The fraction of sp³-hybridized carbons (Fsp3) is 0.333. The van der Waals surface area contributed by atoms with Crippen molar-refractivity contribution in [2.75, 3.05) is 23.5 Å². The average Bonchev–Trinajstić information content (AvgIpc) is 3.30. The van der Waals surface area contributed by atoms with E-state index in [2.05, 4.69) is 20.8 Å². The molecule has 2 N–H and O–H groups in total. The van der Waals surface area contributed by atoms with Crippen molar-refractivity contribution < 1.29 is 18.7 Å². The first kappa shape index (κ1) is 22.7. The number of thiophene rings is 1. The standard InChI is InChI=1S/C21H21FN4O3S3/c1-29-19(28)17-12-7-3-2-4-10-15(12)31-18(17)24-16(27)11-30-21-26-25-20(32-21)23-14-9-6-5-8-13(14)22/h5-6,8-9H,2-4,7,10-11H2,1H3,(H,23,25)(H,24,27). The number of halogens is 1. The number of esters is 1. The van der Waals surface area contributed by atoms with Gasteiger partial charge in [0.1, 0.15) is 10.8 Å². The molecule has 1 aliphatic carbocycles. The maximum absolute atomic E-state index is 13.8. The number of thioether (sulfide) groups is 1. The zero-order valence-electron chi connectivity index (χ0n) is 17.3. The van der Waals surface area contributed by atoms with Gasteiger partial charge in [-0.15, -0.1) is 21.5 Å². The van der Waals surface area contributed by atoms with Crippen molar-refractivity contribution in [3.05, 3.63) is 46.1 Å². The molecule has 0 atom stereocenters. The topological polar surface area (TPSA) is 93.2 Å². The third-order valence-corrected chi connectivity index (χ3v) is 8.09. The number of fused-ring (bicyclic) bond motifs is 1. The van der Waals surface area contributed by atoms with Crippen LogP contribution in [0, 0.1) is 5.82 Å². The van der Waals surface area contributed by atoms with Gasteiger partial charge in [-0.1, -0.05) is 41.7 Å². The number of rotatable bonds is 7. The van der Waals surface area contributed by atoms with Crippen LogP contribution in [0.4, 0.5) is 20.2 Å². The Morgan fingerprint density at radius 2 is 1.97 bits per heavy atom. The summed E-state index contributed by atoms with van der Waals surface area (Å²) in [6.07, 6.45) is 4.98. The molecule has 0 radical (unpaired) electrons. The minimum Gasteiger partial charge on any atom is -0.465 e. The maximum atomic E-state index is 13.8. The highest BCUT2D eigenvalue weighted by atomic mass is 32.2. The molecule has 32 heavy (non-hydrogen) atoms. The van der Waals surface area contributed by atoms with Crippen LogP contribution in [-0.4, -0.2) is 34.9 Å². The van der Waals surface area contributed by atoms with Crippen molar-refractivity contribution in [3.8, 4) is 0 Å². The Bertz CT molecular complexity index is 1130. The van der Waals surface area contributed by atoms with E-state index in [0.717, 1.165) is 42.5 Å². The highest BCUT2D eigenvalue weighted by molar-refractivity contribution is 8.01. The van der Waals surface area contributed by atoms with Crippen LogP contribution in [0.5, 0.6) is 0 Å². The molecular weight excluding hydrogens is 471 g/mol. The Labute approximate surface area is 196 Å². The number of hydrogen-bond acceptors (Lipinski definition) is 9. The summed E-state index contributed by atoms with van der Waals surface area (Å²) in [7, 11) is 1.35. The molecule has 0 aliphatic heterocycles. The Kier molecular flexibility index (Phi) is 7.38. The zero-order chi connectivity index (χ0) is 22.5. The first-order valence-electron chi connectivity index (χ1n) is 10.1. The minimum absolute atomic E-state index is 0.109. The Morgan fingerprint density at radius 1 is 1.16 bits per heavy atom. The van der Waals surface area contributed by atoms with E-state index in [1.807, 2.05) is 0 Å². The van der Waals surface area contributed by atoms with Gasteiger partial charge in [-0.25, -0.2) is 9.18 Å². The van der Waals surface area contributed by atoms with Gasteiger partial charge >= 0.3 is 5.97 Å². The zero-order valence-corrected chi connectivity index (χ0v) is 19.7. The number of aryl methyl sites for hydroxylation is 1. The van der Waals surface area contributed by atoms with Crippen molar-refractivity contribution >= 4 is 62.1 Å². The lowest BCUT2D eigenvalue weighted by molar-refractivity contribution is -0.113. The lowest BCUT2D eigenvalue weighted by Crippen LogP contribution is -2.16. The molecule has 0 saturated carbocycles. The molecular formula is C21H21FN4O3S3. The third kappa shape index (κ3) is 5.28. The molecule has 11 heteroatoms. The molecule has 0 bridgehead atoms. The van der Waals surface area contributed by atoms with Crippen LogP contribution in [0.25, 0.3) is 0 Å². The number of carbonyl (C=O) groups is 2. The normalized spacial score (nSPS) is 13.2. The molecule has 7 nitrogen and oxygen atoms in total. The van der Waals surface area contributed by atoms with E-state index in [0.29, 0.717) is 25.7 Å². The predicted molar refractivity (Wildman–Crippen MR) is 126 cm³/mol. The molecule has 1 amide bonds. The monoisotopic (exact) mass is 492 g/mol. The molecule has 168 valence electrons. The van der Waals surface area contributed by atoms with Crippen molar-refractivity contribution in [3.63, 3.8) is 0 Å². The highest BCUT2D eigenvalue weighted by Crippen LogP contribution is 2.38. The average molecular weight is 493 g/mol. The number of para-hydroxylation sites is 1. The van der Waals surface area contributed by atoms with Crippen molar-refractivity contribution in [2.24, 2.45) is 0 Å². The van der Waals surface area contributed by atoms with Gasteiger partial charge in [-0.05, 0) is 43.4 Å². The second-order valence-corrected chi connectivity index (χ2v) is 10.4. The Hall–Kier alpha value is -2.50. The fourth-order valence-corrected chi connectivity index (χ4v) is 6.29. The highest BCUT2D eigenvalue weighted by Gasteiger charge is 2.26. The molecule has 0 spiro atoms. The summed E-state index contributed by atoms with van der Waals surface area (Å²) in [6, 6.07) is 6.30. The lowest BCUT2D eigenvalue weighted by Gasteiger charge is -2.07. The summed E-state index contributed by atoms with van der Waals surface area (Å²) in [6.45, 7) is 0. The van der Waals surface area contributed by atoms with Gasteiger partial charge < -0.3 is 15.4 Å². The van der Waals surface area contributed by atoms with E-state index in [1.54, 1.807) is 18.2 Å². The number of amides is 1. The van der Waals surface area contributed by atoms with Gasteiger partial charge in [-0.2, -0.15) is 0 Å². The number of methoxy groups -OCH3 is 1. The third-order valence-electron chi connectivity index (χ3n) is 4.91. The molecule has 1 aliphatic rings. The summed E-state index contributed by atoms with van der Waals surface area (Å²) in [5.41, 5.74) is 1.81. The number of nitrogens with one attached hydrogen (secondary N) is 2. The second-order valence-electron chi connectivity index (χ2n) is 7.07. The van der Waals surface area contributed by atoms with E-state index >= 15 is 0 Å². The quantitative estimate of drug-likeness (QED) is 0.264. The lowest BCUT2D eigenvalue weighted by atomic mass is 10.1. The molecule has 3 aromatic rings. The summed E-state index contributed by atoms with van der Waals surface area (Å²) in [5.74, 6) is -0.930. The molecule has 0 saturated heterocycles. The number of carbonyl (C=O) groups excluding carboxylic acids is 2. The van der Waals surface area contributed by atoms with Crippen molar-refractivity contribution in [1.82, 2.24) is 10.2 Å². The van der Waals surface area contributed by atoms with Gasteiger partial charge in [0.2, 0.25) is 11.0 Å². The number of benzene rings is 1. The number of ether oxygens (including phenoxy) is 1. The van der Waals surface area contributed by atoms with Crippen LogP contribution in [0.15, 0.2) is 28.6 Å². The van der Waals surface area contributed by atoms with Crippen LogP contribution in [0.2, 0.25) is 0 Å². The van der Waals surface area contributed by atoms with E-state index in [-0.39, 0.29) is 17.5 Å². The van der Waals surface area contributed by atoms with Crippen LogP contribution in [-0.2, 0) is 22.4 Å². The van der Waals surface area contributed by atoms with E-state index in [1.165, 1.54) is 47.6 Å². The van der Waals surface area contributed by atoms with Gasteiger partial charge in [-0.3, -0.25) is 4.79 Å². The SMILES string of the molecule is COC(=O)c1c(NC(=O)CSc2nnc(Nc3ccccc3F)s2)sc2c1CCCCC2. The Morgan fingerprint density at radius 3 is 2.78 bits per heavy atom. The maximum Gasteiger partial charge on any atom is 0.341 e. The van der Waals surface area contributed by atoms with Crippen LogP contribution < -0.4 is 10.6 Å². The van der Waals surface area contributed by atoms with Gasteiger partial charge in [0.25, 0.3) is 0 Å². The number of hydrogen-bond donors (Lipinski definition) is 2. The molecule has 2 heterocycles. The summed E-state index contributed by atoms with van der Waals surface area (Å²) in [5, 5.41) is 14.8. The van der Waals surface area contributed by atoms with Gasteiger partial charge in [0, 0.05) is 4.88 Å². The molecule has 4 rings (SSSR count). The summed E-state index contributed by atoms with van der Waals surface area (Å²) >= 11 is 3.92. The first-order chi connectivity index (χ1) is 15.5.